The molecule has 0 radical (unpaired) electrons. The number of fused-ring (bicyclic) bond motifs is 1. The van der Waals surface area contributed by atoms with Crippen molar-refractivity contribution >= 4 is 45.0 Å². The number of anilines is 1. The van der Waals surface area contributed by atoms with Gasteiger partial charge in [0.25, 0.3) is 5.91 Å². The van der Waals surface area contributed by atoms with Crippen LogP contribution in [0.3, 0.4) is 0 Å². The largest absolute Gasteiger partial charge is 0.379 e. The van der Waals surface area contributed by atoms with E-state index in [-0.39, 0.29) is 23.8 Å². The summed E-state index contributed by atoms with van der Waals surface area (Å²) < 4.78 is 35.1. The Hall–Kier alpha value is -2.14. The molecule has 3 aromatic rings. The smallest absolute Gasteiger partial charge is 0.280 e. The number of amides is 1. The van der Waals surface area contributed by atoms with Gasteiger partial charge in [0.1, 0.15) is 11.3 Å². The summed E-state index contributed by atoms with van der Waals surface area (Å²) in [5, 5.41) is 4.62. The van der Waals surface area contributed by atoms with Crippen molar-refractivity contribution < 1.29 is 18.3 Å². The van der Waals surface area contributed by atoms with Crippen molar-refractivity contribution in [3.63, 3.8) is 0 Å². The van der Waals surface area contributed by atoms with Crippen LogP contribution in [0.5, 0.6) is 0 Å². The normalized spacial score (nSPS) is 14.6. The summed E-state index contributed by atoms with van der Waals surface area (Å²) in [7, 11) is 1.77. The third kappa shape index (κ3) is 5.20. The lowest BCUT2D eigenvalue weighted by Gasteiger charge is -2.27. The molecule has 1 aliphatic rings. The Morgan fingerprint density at radius 1 is 1.26 bits per heavy atom. The average molecular weight is 472 g/mol. The summed E-state index contributed by atoms with van der Waals surface area (Å²) >= 11 is 1.10. The molecule has 0 unspecified atom stereocenters. The van der Waals surface area contributed by atoms with Crippen molar-refractivity contribution in [3.8, 4) is 0 Å². The van der Waals surface area contributed by atoms with E-state index in [1.165, 1.54) is 11.0 Å². The molecule has 168 valence electrons. The van der Waals surface area contributed by atoms with E-state index in [1.54, 1.807) is 17.8 Å². The predicted octanol–water partition coefficient (Wildman–Crippen LogP) is 3.41. The fourth-order valence-electron chi connectivity index (χ4n) is 3.43. The molecule has 0 saturated carbocycles. The van der Waals surface area contributed by atoms with Crippen LogP contribution in [-0.2, 0) is 11.8 Å². The number of hydrogen-bond donors (Lipinski definition) is 0. The zero-order valence-electron chi connectivity index (χ0n) is 17.3. The number of aromatic nitrogens is 3. The Balaban J connectivity index is 0.00000272. The maximum Gasteiger partial charge on any atom is 0.280 e. The molecule has 0 bridgehead atoms. The number of morpholine rings is 1. The van der Waals surface area contributed by atoms with Gasteiger partial charge in [-0.1, -0.05) is 11.3 Å². The summed E-state index contributed by atoms with van der Waals surface area (Å²) in [6, 6.07) is 3.75. The Morgan fingerprint density at radius 3 is 2.68 bits per heavy atom. The highest BCUT2D eigenvalue weighted by molar-refractivity contribution is 7.22. The van der Waals surface area contributed by atoms with Crippen molar-refractivity contribution in [1.29, 1.82) is 0 Å². The summed E-state index contributed by atoms with van der Waals surface area (Å²) in [6.07, 6.45) is 0.713. The predicted molar refractivity (Wildman–Crippen MR) is 118 cm³/mol. The van der Waals surface area contributed by atoms with Gasteiger partial charge in [-0.3, -0.25) is 19.3 Å². The lowest BCUT2D eigenvalue weighted by molar-refractivity contribution is 0.0376. The number of rotatable bonds is 6. The van der Waals surface area contributed by atoms with Crippen LogP contribution >= 0.6 is 23.7 Å². The Labute approximate surface area is 189 Å². The number of thiazole rings is 1. The fraction of sp³-hybridized carbons (Fsp3) is 0.450. The van der Waals surface area contributed by atoms with Gasteiger partial charge < -0.3 is 4.74 Å². The standard InChI is InChI=1S/C20H23F2N5O2S.ClH/c1-13-10-16(24-25(13)2)19(28)27(5-3-4-26-6-8-29-9-7-26)20-23-18-15(22)11-14(21)12-17(18)30-20;/h10-12H,3-9H2,1-2H3;1H. The third-order valence-corrected chi connectivity index (χ3v) is 6.20. The van der Waals surface area contributed by atoms with Crippen LogP contribution in [0.2, 0.25) is 0 Å². The van der Waals surface area contributed by atoms with E-state index in [0.717, 1.165) is 42.7 Å². The molecule has 0 N–H and O–H groups in total. The topological polar surface area (TPSA) is 63.5 Å². The summed E-state index contributed by atoms with van der Waals surface area (Å²) in [5.74, 6) is -1.71. The van der Waals surface area contributed by atoms with Gasteiger partial charge in [0.2, 0.25) is 0 Å². The first-order valence-corrected chi connectivity index (χ1v) is 10.6. The number of halogens is 3. The minimum atomic E-state index is -0.734. The molecule has 0 atom stereocenters. The second kappa shape index (κ2) is 9.99. The van der Waals surface area contributed by atoms with E-state index < -0.39 is 11.6 Å². The van der Waals surface area contributed by atoms with Crippen LogP contribution in [-0.4, -0.2) is 65.0 Å². The van der Waals surface area contributed by atoms with Gasteiger partial charge >= 0.3 is 0 Å². The Kier molecular flexibility index (Phi) is 7.58. The molecule has 1 aromatic carbocycles. The molecule has 1 aliphatic heterocycles. The number of hydrogen-bond acceptors (Lipinski definition) is 6. The van der Waals surface area contributed by atoms with Crippen molar-refractivity contribution in [3.05, 3.63) is 41.2 Å². The van der Waals surface area contributed by atoms with Gasteiger partial charge in [0.05, 0.1) is 17.9 Å². The fourth-order valence-corrected chi connectivity index (χ4v) is 4.45. The number of aryl methyl sites for hydroxylation is 2. The van der Waals surface area contributed by atoms with Crippen LogP contribution in [0.25, 0.3) is 10.2 Å². The lowest BCUT2D eigenvalue weighted by atomic mass is 10.3. The quantitative estimate of drug-likeness (QED) is 0.551. The molecule has 31 heavy (non-hydrogen) atoms. The van der Waals surface area contributed by atoms with Gasteiger partial charge in [-0.2, -0.15) is 5.10 Å². The molecule has 1 fully saturated rings. The number of carbonyl (C=O) groups is 1. The Morgan fingerprint density at radius 2 is 2.00 bits per heavy atom. The third-order valence-electron chi connectivity index (χ3n) is 5.17. The first-order chi connectivity index (χ1) is 14.4. The molecular formula is C20H24ClF2N5O2S. The van der Waals surface area contributed by atoms with Crippen LogP contribution < -0.4 is 4.90 Å². The van der Waals surface area contributed by atoms with Crippen molar-refractivity contribution in [2.45, 2.75) is 13.3 Å². The second-order valence-corrected chi connectivity index (χ2v) is 8.30. The highest BCUT2D eigenvalue weighted by atomic mass is 35.5. The zero-order chi connectivity index (χ0) is 21.3. The molecule has 1 amide bonds. The average Bonchev–Trinajstić information content (AvgIpc) is 3.29. The number of ether oxygens (including phenoxy) is 1. The van der Waals surface area contributed by atoms with Crippen molar-refractivity contribution in [2.75, 3.05) is 44.3 Å². The van der Waals surface area contributed by atoms with Gasteiger partial charge in [0, 0.05) is 45.0 Å². The first kappa shape index (κ1) is 23.5. The second-order valence-electron chi connectivity index (χ2n) is 7.29. The minimum Gasteiger partial charge on any atom is -0.379 e. The first-order valence-electron chi connectivity index (χ1n) is 9.80. The monoisotopic (exact) mass is 471 g/mol. The van der Waals surface area contributed by atoms with Gasteiger partial charge in [-0.05, 0) is 25.5 Å². The zero-order valence-corrected chi connectivity index (χ0v) is 18.9. The molecule has 4 rings (SSSR count). The van der Waals surface area contributed by atoms with Crippen LogP contribution in [0.4, 0.5) is 13.9 Å². The highest BCUT2D eigenvalue weighted by Crippen LogP contribution is 2.32. The van der Waals surface area contributed by atoms with E-state index in [1.807, 2.05) is 6.92 Å². The molecule has 3 heterocycles. The van der Waals surface area contributed by atoms with E-state index in [2.05, 4.69) is 15.0 Å². The van der Waals surface area contributed by atoms with E-state index in [9.17, 15) is 13.6 Å². The van der Waals surface area contributed by atoms with Crippen molar-refractivity contribution in [1.82, 2.24) is 19.7 Å². The highest BCUT2D eigenvalue weighted by Gasteiger charge is 2.25. The van der Waals surface area contributed by atoms with Crippen molar-refractivity contribution in [2.24, 2.45) is 7.05 Å². The minimum absolute atomic E-state index is 0. The molecule has 0 aliphatic carbocycles. The lowest BCUT2D eigenvalue weighted by Crippen LogP contribution is -2.39. The molecular weight excluding hydrogens is 448 g/mol. The van der Waals surface area contributed by atoms with Crippen LogP contribution in [0.1, 0.15) is 22.6 Å². The molecule has 11 heteroatoms. The summed E-state index contributed by atoms with van der Waals surface area (Å²) in [6.45, 7) is 6.20. The van der Waals surface area contributed by atoms with Gasteiger partial charge in [-0.15, -0.1) is 12.4 Å². The van der Waals surface area contributed by atoms with E-state index >= 15 is 0 Å². The number of carbonyl (C=O) groups excluding carboxylic acids is 1. The molecule has 0 spiro atoms. The molecule has 2 aromatic heterocycles. The molecule has 7 nitrogen and oxygen atoms in total. The van der Waals surface area contributed by atoms with E-state index in [0.29, 0.717) is 41.7 Å². The Bertz CT molecular complexity index is 1050. The van der Waals surface area contributed by atoms with Gasteiger partial charge in [0.15, 0.2) is 16.6 Å². The SMILES string of the molecule is Cc1cc(C(=O)N(CCCN2CCOCC2)c2nc3c(F)cc(F)cc3s2)nn1C.Cl. The van der Waals surface area contributed by atoms with Gasteiger partial charge in [-0.25, -0.2) is 13.8 Å². The molecule has 1 saturated heterocycles. The maximum atomic E-state index is 14.2. The van der Waals surface area contributed by atoms with Crippen LogP contribution in [0, 0.1) is 18.6 Å². The number of nitrogens with zero attached hydrogens (tertiary/aromatic N) is 5. The summed E-state index contributed by atoms with van der Waals surface area (Å²) in [4.78, 5) is 21.3. The van der Waals surface area contributed by atoms with Crippen LogP contribution in [0.15, 0.2) is 18.2 Å². The summed E-state index contributed by atoms with van der Waals surface area (Å²) in [5.41, 5.74) is 1.22. The number of benzene rings is 1. The van der Waals surface area contributed by atoms with E-state index in [4.69, 9.17) is 4.74 Å². The maximum absolute atomic E-state index is 14.2.